The second-order valence-corrected chi connectivity index (χ2v) is 6.35. The van der Waals surface area contributed by atoms with E-state index in [9.17, 15) is 10.1 Å². The summed E-state index contributed by atoms with van der Waals surface area (Å²) in [5, 5.41) is 12.2. The molecule has 6 nitrogen and oxygen atoms in total. The van der Waals surface area contributed by atoms with E-state index in [1.807, 2.05) is 23.1 Å². The van der Waals surface area contributed by atoms with Crippen LogP contribution < -0.4 is 5.32 Å². The van der Waals surface area contributed by atoms with Crippen LogP contribution in [0, 0.1) is 11.3 Å². The SMILES string of the molecule is N#C/C(=C/N1CCc2ccccc2C1)C(=O)NCCN1CCOCC1. The topological polar surface area (TPSA) is 68.6 Å². The van der Waals surface area contributed by atoms with Crippen molar-refractivity contribution in [2.45, 2.75) is 13.0 Å². The number of amides is 1. The highest BCUT2D eigenvalue weighted by atomic mass is 16.5. The largest absolute Gasteiger partial charge is 0.379 e. The number of rotatable bonds is 5. The van der Waals surface area contributed by atoms with Crippen molar-refractivity contribution in [2.24, 2.45) is 0 Å². The number of fused-ring (bicyclic) bond motifs is 1. The summed E-state index contributed by atoms with van der Waals surface area (Å²) in [6.45, 7) is 6.16. The highest BCUT2D eigenvalue weighted by Gasteiger charge is 2.17. The van der Waals surface area contributed by atoms with Crippen LogP contribution in [0.4, 0.5) is 0 Å². The lowest BCUT2D eigenvalue weighted by Crippen LogP contribution is -2.41. The van der Waals surface area contributed by atoms with E-state index in [-0.39, 0.29) is 11.5 Å². The number of hydrogen-bond acceptors (Lipinski definition) is 5. The van der Waals surface area contributed by atoms with E-state index in [2.05, 4.69) is 22.3 Å². The molecule has 6 heteroatoms. The Kier molecular flexibility index (Phi) is 6.04. The number of hydrogen-bond donors (Lipinski definition) is 1. The zero-order valence-electron chi connectivity index (χ0n) is 14.4. The predicted octanol–water partition coefficient (Wildman–Crippen LogP) is 0.901. The molecule has 1 amide bonds. The van der Waals surface area contributed by atoms with E-state index in [1.165, 1.54) is 11.1 Å². The van der Waals surface area contributed by atoms with Gasteiger partial charge in [-0.05, 0) is 17.5 Å². The van der Waals surface area contributed by atoms with Crippen molar-refractivity contribution >= 4 is 5.91 Å². The standard InChI is InChI=1S/C19H24N4O2/c20-13-18(19(24)21-6-8-22-9-11-25-12-10-22)15-23-7-5-16-3-1-2-4-17(16)14-23/h1-4,15H,5-12,14H2,(H,21,24)/b18-15-. The van der Waals surface area contributed by atoms with E-state index in [0.29, 0.717) is 6.54 Å². The Morgan fingerprint density at radius 2 is 2.00 bits per heavy atom. The summed E-state index contributed by atoms with van der Waals surface area (Å²) in [5.74, 6) is -0.297. The highest BCUT2D eigenvalue weighted by molar-refractivity contribution is 5.97. The summed E-state index contributed by atoms with van der Waals surface area (Å²) >= 11 is 0. The second-order valence-electron chi connectivity index (χ2n) is 6.35. The summed E-state index contributed by atoms with van der Waals surface area (Å²) in [5.41, 5.74) is 2.77. The molecule has 0 atom stereocenters. The zero-order valence-corrected chi connectivity index (χ0v) is 14.4. The molecule has 2 aliphatic rings. The first-order chi connectivity index (χ1) is 12.3. The van der Waals surface area contributed by atoms with Gasteiger partial charge in [-0.3, -0.25) is 9.69 Å². The zero-order chi connectivity index (χ0) is 17.5. The van der Waals surface area contributed by atoms with Gasteiger partial charge in [0.1, 0.15) is 11.6 Å². The molecular formula is C19H24N4O2. The minimum absolute atomic E-state index is 0.168. The number of carbonyl (C=O) groups excluding carboxylic acids is 1. The maximum Gasteiger partial charge on any atom is 0.263 e. The number of nitrogens with zero attached hydrogens (tertiary/aromatic N) is 3. The number of morpholine rings is 1. The van der Waals surface area contributed by atoms with Crippen LogP contribution in [0.5, 0.6) is 0 Å². The lowest BCUT2D eigenvalue weighted by atomic mass is 10.0. The summed E-state index contributed by atoms with van der Waals surface area (Å²) < 4.78 is 5.31. The van der Waals surface area contributed by atoms with E-state index in [0.717, 1.165) is 52.4 Å². The molecule has 3 rings (SSSR count). The van der Waals surface area contributed by atoms with Gasteiger partial charge in [0.05, 0.1) is 13.2 Å². The summed E-state index contributed by atoms with van der Waals surface area (Å²) in [6.07, 6.45) is 2.63. The maximum atomic E-state index is 12.3. The third-order valence-corrected chi connectivity index (χ3v) is 4.65. The van der Waals surface area contributed by atoms with Crippen LogP contribution in [0.3, 0.4) is 0 Å². The minimum atomic E-state index is -0.297. The second kappa shape index (κ2) is 8.65. The van der Waals surface area contributed by atoms with Gasteiger partial charge in [0.2, 0.25) is 0 Å². The van der Waals surface area contributed by atoms with Crippen molar-refractivity contribution in [1.29, 1.82) is 5.26 Å². The number of carbonyl (C=O) groups is 1. The summed E-state index contributed by atoms with van der Waals surface area (Å²) in [7, 11) is 0. The van der Waals surface area contributed by atoms with Crippen molar-refractivity contribution in [2.75, 3.05) is 45.9 Å². The number of nitriles is 1. The fourth-order valence-corrected chi connectivity index (χ4v) is 3.20. The molecule has 1 aromatic carbocycles. The average molecular weight is 340 g/mol. The normalized spacial score (nSPS) is 18.4. The van der Waals surface area contributed by atoms with Crippen LogP contribution in [0.25, 0.3) is 0 Å². The molecule has 1 fully saturated rings. The predicted molar refractivity (Wildman–Crippen MR) is 94.5 cm³/mol. The Labute approximate surface area is 148 Å². The van der Waals surface area contributed by atoms with E-state index in [1.54, 1.807) is 6.20 Å². The van der Waals surface area contributed by atoms with Gasteiger partial charge in [-0.2, -0.15) is 5.26 Å². The molecule has 132 valence electrons. The van der Waals surface area contributed by atoms with Crippen molar-refractivity contribution in [3.63, 3.8) is 0 Å². The molecule has 0 unspecified atom stereocenters. The first-order valence-electron chi connectivity index (χ1n) is 8.77. The molecule has 1 saturated heterocycles. The van der Waals surface area contributed by atoms with Crippen LogP contribution in [0.2, 0.25) is 0 Å². The van der Waals surface area contributed by atoms with Crippen LogP contribution in [0.1, 0.15) is 11.1 Å². The van der Waals surface area contributed by atoms with Gasteiger partial charge in [-0.25, -0.2) is 0 Å². The number of nitrogens with one attached hydrogen (secondary N) is 1. The summed E-state index contributed by atoms with van der Waals surface area (Å²) in [6, 6.07) is 10.3. The first kappa shape index (κ1) is 17.5. The van der Waals surface area contributed by atoms with Gasteiger partial charge in [-0.1, -0.05) is 24.3 Å². The average Bonchev–Trinajstić information content (AvgIpc) is 2.66. The molecule has 0 bridgehead atoms. The minimum Gasteiger partial charge on any atom is -0.379 e. The summed E-state index contributed by atoms with van der Waals surface area (Å²) in [4.78, 5) is 16.6. The third-order valence-electron chi connectivity index (χ3n) is 4.65. The third kappa shape index (κ3) is 4.81. The van der Waals surface area contributed by atoms with Crippen molar-refractivity contribution in [1.82, 2.24) is 15.1 Å². The van der Waals surface area contributed by atoms with Crippen LogP contribution in [-0.2, 0) is 22.5 Å². The molecule has 2 heterocycles. The van der Waals surface area contributed by atoms with Gasteiger partial charge in [0.25, 0.3) is 5.91 Å². The molecule has 1 N–H and O–H groups in total. The Balaban J connectivity index is 1.52. The van der Waals surface area contributed by atoms with Gasteiger partial charge in [0, 0.05) is 45.5 Å². The quantitative estimate of drug-likeness (QED) is 0.637. The molecule has 0 saturated carbocycles. The molecule has 0 radical (unpaired) electrons. The van der Waals surface area contributed by atoms with Crippen LogP contribution >= 0.6 is 0 Å². The molecule has 2 aliphatic heterocycles. The van der Waals surface area contributed by atoms with E-state index >= 15 is 0 Å². The monoisotopic (exact) mass is 340 g/mol. The Morgan fingerprint density at radius 3 is 2.76 bits per heavy atom. The fraction of sp³-hybridized carbons (Fsp3) is 0.474. The number of benzene rings is 1. The van der Waals surface area contributed by atoms with Gasteiger partial charge < -0.3 is 15.0 Å². The lowest BCUT2D eigenvalue weighted by molar-refractivity contribution is -0.117. The van der Waals surface area contributed by atoms with Gasteiger partial charge in [0.15, 0.2) is 0 Å². The molecule has 1 aromatic rings. The fourth-order valence-electron chi connectivity index (χ4n) is 3.20. The van der Waals surface area contributed by atoms with Gasteiger partial charge in [-0.15, -0.1) is 0 Å². The number of ether oxygens (including phenoxy) is 1. The molecule has 0 aromatic heterocycles. The molecule has 25 heavy (non-hydrogen) atoms. The molecule has 0 aliphatic carbocycles. The Hall–Kier alpha value is -2.36. The molecule has 0 spiro atoms. The van der Waals surface area contributed by atoms with Crippen molar-refractivity contribution in [3.8, 4) is 6.07 Å². The molecular weight excluding hydrogens is 316 g/mol. The van der Waals surface area contributed by atoms with Crippen LogP contribution in [0.15, 0.2) is 36.0 Å². The maximum absolute atomic E-state index is 12.3. The first-order valence-corrected chi connectivity index (χ1v) is 8.77. The van der Waals surface area contributed by atoms with E-state index < -0.39 is 0 Å². The van der Waals surface area contributed by atoms with E-state index in [4.69, 9.17) is 4.74 Å². The Bertz CT molecular complexity index is 674. The Morgan fingerprint density at radius 1 is 1.24 bits per heavy atom. The smallest absolute Gasteiger partial charge is 0.263 e. The highest BCUT2D eigenvalue weighted by Crippen LogP contribution is 2.19. The van der Waals surface area contributed by atoms with Crippen molar-refractivity contribution in [3.05, 3.63) is 47.2 Å². The lowest BCUT2D eigenvalue weighted by Gasteiger charge is -2.28. The van der Waals surface area contributed by atoms with Crippen LogP contribution in [-0.4, -0.2) is 61.6 Å². The van der Waals surface area contributed by atoms with Gasteiger partial charge >= 0.3 is 0 Å². The van der Waals surface area contributed by atoms with Crippen molar-refractivity contribution < 1.29 is 9.53 Å².